The van der Waals surface area contributed by atoms with Crippen LogP contribution in [0.3, 0.4) is 0 Å². The lowest BCUT2D eigenvalue weighted by molar-refractivity contribution is -0.458. The molecule has 3 nitrogen and oxygen atoms in total. The van der Waals surface area contributed by atoms with Gasteiger partial charge in [-0.25, -0.2) is 0 Å². The largest absolute Gasteiger partial charge is 0.460 e. The minimum Gasteiger partial charge on any atom is -0.378 e. The average molecular weight is 763 g/mol. The Hall–Kier alpha value is -1.79. The number of halogens is 17. The van der Waals surface area contributed by atoms with E-state index >= 15 is 0 Å². The molecule has 0 aromatic heterocycles. The Morgan fingerprint density at radius 3 is 1.38 bits per heavy atom. The molecule has 0 N–H and O–H groups in total. The standard InChI is InChI=1S/C25H28F17O3PS/c1-6-8-15-16(9-7-10-17(15)46(11-13(2)3)12-14(4)5)45-47(43,44)25(41,42)23(36,37)21(32,33)19(28,29)18(26,27)20(30,31)22(34,35)24(38,39)40/h7,9-10,13-14H,6,8,11-12H2,1-5H3. The van der Waals surface area contributed by atoms with Gasteiger partial charge >= 0.3 is 57.1 Å². The van der Waals surface area contributed by atoms with E-state index in [4.69, 9.17) is 0 Å². The monoisotopic (exact) mass is 762 g/mol. The molecule has 0 fully saturated rings. The van der Waals surface area contributed by atoms with E-state index in [2.05, 4.69) is 4.18 Å². The van der Waals surface area contributed by atoms with Crippen LogP contribution in [0.2, 0.25) is 0 Å². The van der Waals surface area contributed by atoms with Gasteiger partial charge < -0.3 is 4.18 Å². The van der Waals surface area contributed by atoms with E-state index in [1.54, 1.807) is 27.7 Å². The van der Waals surface area contributed by atoms with Crippen LogP contribution >= 0.6 is 7.92 Å². The van der Waals surface area contributed by atoms with Crippen LogP contribution in [0.5, 0.6) is 5.75 Å². The third-order valence-electron chi connectivity index (χ3n) is 6.33. The molecule has 0 amide bonds. The zero-order valence-electron chi connectivity index (χ0n) is 24.7. The molecule has 47 heavy (non-hydrogen) atoms. The van der Waals surface area contributed by atoms with Crippen LogP contribution in [0, 0.1) is 11.8 Å². The van der Waals surface area contributed by atoms with Gasteiger partial charge in [0.15, 0.2) is 0 Å². The first-order chi connectivity index (χ1) is 20.6. The number of hydrogen-bond acceptors (Lipinski definition) is 3. The highest BCUT2D eigenvalue weighted by molar-refractivity contribution is 7.88. The van der Waals surface area contributed by atoms with Gasteiger partial charge in [-0.15, -0.1) is 0 Å². The van der Waals surface area contributed by atoms with Gasteiger partial charge in [0.1, 0.15) is 5.75 Å². The first-order valence-corrected chi connectivity index (χ1v) is 16.3. The molecule has 0 heterocycles. The third kappa shape index (κ3) is 7.25. The second kappa shape index (κ2) is 13.5. The smallest absolute Gasteiger partial charge is 0.378 e. The van der Waals surface area contributed by atoms with Crippen molar-refractivity contribution in [3.05, 3.63) is 23.8 Å². The summed E-state index contributed by atoms with van der Waals surface area (Å²) in [5, 5.41) is -7.47. The van der Waals surface area contributed by atoms with E-state index in [9.17, 15) is 83.1 Å². The first kappa shape index (κ1) is 43.2. The maximum absolute atomic E-state index is 14.7. The minimum absolute atomic E-state index is 0.0174. The Bertz CT molecular complexity index is 1330. The molecule has 22 heteroatoms. The summed E-state index contributed by atoms with van der Waals surface area (Å²) < 4.78 is 261. The van der Waals surface area contributed by atoms with Crippen molar-refractivity contribution in [1.82, 2.24) is 0 Å². The molecular weight excluding hydrogens is 734 g/mol. The van der Waals surface area contributed by atoms with E-state index < -0.39 is 70.8 Å². The van der Waals surface area contributed by atoms with Crippen LogP contribution in [0.4, 0.5) is 74.6 Å². The summed E-state index contributed by atoms with van der Waals surface area (Å²) in [7, 11) is -9.00. The van der Waals surface area contributed by atoms with E-state index in [0.717, 1.165) is 6.07 Å². The molecule has 0 bridgehead atoms. The maximum Gasteiger partial charge on any atom is 0.460 e. The SMILES string of the molecule is CCCc1c(OS(=O)(=O)C(F)(F)C(F)(F)C(F)(F)C(F)(F)C(F)(F)C(F)(F)C(F)(F)C(F)(F)F)cccc1P(CC(C)C)CC(C)C. The Balaban J connectivity index is 3.84. The van der Waals surface area contributed by atoms with E-state index in [1.807, 2.05) is 0 Å². The molecule has 1 rings (SSSR count). The summed E-state index contributed by atoms with van der Waals surface area (Å²) in [6.45, 7) is 8.58. The van der Waals surface area contributed by atoms with Crippen molar-refractivity contribution >= 4 is 23.3 Å². The van der Waals surface area contributed by atoms with E-state index in [0.29, 0.717) is 18.4 Å². The van der Waals surface area contributed by atoms with Gasteiger partial charge in [-0.3, -0.25) is 0 Å². The molecule has 0 atom stereocenters. The van der Waals surface area contributed by atoms with Gasteiger partial charge in [0.05, 0.1) is 0 Å². The topological polar surface area (TPSA) is 43.4 Å². The molecule has 0 spiro atoms. The molecule has 1 aromatic rings. The fourth-order valence-corrected chi connectivity index (χ4v) is 8.20. The first-order valence-electron chi connectivity index (χ1n) is 13.2. The quantitative estimate of drug-likeness (QED) is 0.0958. The van der Waals surface area contributed by atoms with Crippen molar-refractivity contribution in [3.63, 3.8) is 0 Å². The van der Waals surface area contributed by atoms with Crippen molar-refractivity contribution < 1.29 is 87.2 Å². The Morgan fingerprint density at radius 1 is 0.638 bits per heavy atom. The van der Waals surface area contributed by atoms with Crippen LogP contribution < -0.4 is 9.49 Å². The number of benzene rings is 1. The third-order valence-corrected chi connectivity index (χ3v) is 11.1. The summed E-state index contributed by atoms with van der Waals surface area (Å²) in [6, 6.07) is 2.93. The maximum atomic E-state index is 14.7. The van der Waals surface area contributed by atoms with Crippen molar-refractivity contribution in [2.45, 2.75) is 94.4 Å². The van der Waals surface area contributed by atoms with Crippen LogP contribution in [0.25, 0.3) is 0 Å². The zero-order valence-corrected chi connectivity index (χ0v) is 26.4. The van der Waals surface area contributed by atoms with Crippen molar-refractivity contribution in [2.24, 2.45) is 11.8 Å². The molecule has 0 radical (unpaired) electrons. The zero-order chi connectivity index (χ0) is 37.6. The number of alkyl halides is 17. The Morgan fingerprint density at radius 2 is 1.02 bits per heavy atom. The predicted octanol–water partition coefficient (Wildman–Crippen LogP) is 9.73. The second-order valence-corrected chi connectivity index (χ2v) is 15.1. The van der Waals surface area contributed by atoms with E-state index in [1.165, 1.54) is 13.0 Å². The fraction of sp³-hybridized carbons (Fsp3) is 0.760. The molecule has 0 aliphatic carbocycles. The molecular formula is C25H28F17O3PS. The Kier molecular flexibility index (Phi) is 12.4. The van der Waals surface area contributed by atoms with Crippen molar-refractivity contribution in [2.75, 3.05) is 12.3 Å². The molecule has 0 aliphatic heterocycles. The van der Waals surface area contributed by atoms with Crippen LogP contribution in [-0.2, 0) is 16.5 Å². The van der Waals surface area contributed by atoms with Crippen molar-refractivity contribution in [1.29, 1.82) is 0 Å². The minimum atomic E-state index is -8.91. The van der Waals surface area contributed by atoms with Gasteiger partial charge in [-0.1, -0.05) is 61.1 Å². The van der Waals surface area contributed by atoms with Crippen LogP contribution in [0.15, 0.2) is 18.2 Å². The molecule has 0 unspecified atom stereocenters. The van der Waals surface area contributed by atoms with Gasteiger partial charge in [0.2, 0.25) is 0 Å². The summed E-state index contributed by atoms with van der Waals surface area (Å²) in [5.41, 5.74) is -0.234. The summed E-state index contributed by atoms with van der Waals surface area (Å²) in [5.74, 6) is -53.3. The molecule has 0 aliphatic rings. The molecule has 0 saturated heterocycles. The molecule has 1 aromatic carbocycles. The average Bonchev–Trinajstić information content (AvgIpc) is 2.87. The van der Waals surface area contributed by atoms with E-state index in [-0.39, 0.29) is 35.5 Å². The lowest BCUT2D eigenvalue weighted by atomic mass is 9.91. The highest BCUT2D eigenvalue weighted by Crippen LogP contribution is 2.64. The summed E-state index contributed by atoms with van der Waals surface area (Å²) in [4.78, 5) is 0. The van der Waals surface area contributed by atoms with Crippen molar-refractivity contribution in [3.8, 4) is 5.75 Å². The summed E-state index contributed by atoms with van der Waals surface area (Å²) in [6.07, 6.45) is -7.18. The van der Waals surface area contributed by atoms with Gasteiger partial charge in [-0.2, -0.15) is 83.1 Å². The van der Waals surface area contributed by atoms with Gasteiger partial charge in [0.25, 0.3) is 0 Å². The normalized spacial score (nSPS) is 15.3. The second-order valence-electron chi connectivity index (χ2n) is 11.2. The van der Waals surface area contributed by atoms with Gasteiger partial charge in [0, 0.05) is 5.56 Å². The fourth-order valence-electron chi connectivity index (χ4n) is 4.06. The molecule has 0 saturated carbocycles. The Labute approximate surface area is 259 Å². The number of rotatable bonds is 16. The summed E-state index contributed by atoms with van der Waals surface area (Å²) >= 11 is 0. The number of hydrogen-bond donors (Lipinski definition) is 0. The highest BCUT2D eigenvalue weighted by Gasteiger charge is 2.96. The van der Waals surface area contributed by atoms with Gasteiger partial charge in [-0.05, 0) is 42.0 Å². The van der Waals surface area contributed by atoms with Crippen LogP contribution in [-0.4, -0.2) is 67.7 Å². The highest BCUT2D eigenvalue weighted by atomic mass is 32.2. The van der Waals surface area contributed by atoms with Crippen LogP contribution in [0.1, 0.15) is 46.6 Å². The predicted molar refractivity (Wildman–Crippen MR) is 137 cm³/mol. The molecule has 276 valence electrons. The lowest BCUT2D eigenvalue weighted by Crippen LogP contribution is -2.75. The lowest BCUT2D eigenvalue weighted by Gasteiger charge is -2.42.